The Kier molecular flexibility index (Phi) is 7.64. The molecule has 9 rings (SSSR count). The third kappa shape index (κ3) is 6.92. The molecule has 9 aromatic rings. The van der Waals surface area contributed by atoms with Crippen molar-refractivity contribution in [3.05, 3.63) is 162 Å². The predicted octanol–water partition coefficient (Wildman–Crippen LogP) is 12.1. The molecule has 0 atom stereocenters. The molecule has 0 fully saturated rings. The SMILES string of the molecule is [2H]C([2H])([2H])c1c[c-]c(-c2ccc([Si](C)(C)C)cn2)c2sc3ccccc3c12.[2H]C([2H])([2H])c1cnc(-c2[c-]ccc3c2oc2ccccc23)cc1C([2H])([2H])c1ccccc1.[Ir]. The van der Waals surface area contributed by atoms with Gasteiger partial charge in [0, 0.05) is 53.6 Å². The van der Waals surface area contributed by atoms with Gasteiger partial charge in [-0.05, 0) is 68.7 Å². The summed E-state index contributed by atoms with van der Waals surface area (Å²) in [7, 11) is -1.42. The molecule has 0 unspecified atom stereocenters. The first-order valence-electron chi connectivity index (χ1n) is 20.6. The molecule has 0 aliphatic heterocycles. The number of nitrogens with zero attached hydrogens (tertiary/aromatic N) is 2. The number of pyridine rings is 2. The number of rotatable bonds is 5. The number of hydrogen-bond acceptors (Lipinski definition) is 4. The van der Waals surface area contributed by atoms with Crippen molar-refractivity contribution in [3.8, 4) is 22.5 Å². The molecule has 0 saturated heterocycles. The van der Waals surface area contributed by atoms with Crippen LogP contribution in [0, 0.1) is 25.8 Å². The van der Waals surface area contributed by atoms with E-state index in [1.54, 1.807) is 53.8 Å². The quantitative estimate of drug-likeness (QED) is 0.128. The summed E-state index contributed by atoms with van der Waals surface area (Å²) in [6.45, 7) is 2.20. The average Bonchev–Trinajstić information content (AvgIpc) is 3.79. The Bertz CT molecular complexity index is 2990. The number of para-hydroxylation sites is 1. The first-order valence-corrected chi connectivity index (χ1v) is 21.0. The maximum Gasteiger partial charge on any atom is 0.120 e. The van der Waals surface area contributed by atoms with Crippen molar-refractivity contribution < 1.29 is 35.5 Å². The smallest absolute Gasteiger partial charge is 0.120 e. The van der Waals surface area contributed by atoms with Crippen LogP contribution in [-0.2, 0) is 26.5 Å². The summed E-state index contributed by atoms with van der Waals surface area (Å²) in [5, 5.41) is 4.94. The van der Waals surface area contributed by atoms with E-state index in [1.807, 2.05) is 66.9 Å². The zero-order valence-electron chi connectivity index (χ0n) is 36.7. The number of aromatic nitrogens is 2. The summed E-state index contributed by atoms with van der Waals surface area (Å²) < 4.78 is 73.3. The van der Waals surface area contributed by atoms with Crippen LogP contribution in [0.3, 0.4) is 0 Å². The monoisotopic (exact) mass is 895 g/mol. The largest absolute Gasteiger partial charge is 0.501 e. The van der Waals surface area contributed by atoms with Crippen molar-refractivity contribution in [1.82, 2.24) is 9.97 Å². The van der Waals surface area contributed by atoms with Gasteiger partial charge in [-0.15, -0.1) is 41.5 Å². The second-order valence-electron chi connectivity index (χ2n) is 13.4. The summed E-state index contributed by atoms with van der Waals surface area (Å²) >= 11 is 1.61. The minimum absolute atomic E-state index is 0. The van der Waals surface area contributed by atoms with Gasteiger partial charge in [-0.2, -0.15) is 11.3 Å². The van der Waals surface area contributed by atoms with Crippen molar-refractivity contribution in [1.29, 1.82) is 0 Å². The Morgan fingerprint density at radius 1 is 0.750 bits per heavy atom. The van der Waals surface area contributed by atoms with Crippen LogP contribution >= 0.6 is 11.3 Å². The van der Waals surface area contributed by atoms with Gasteiger partial charge in [0.15, 0.2) is 0 Å². The third-order valence-electron chi connectivity index (χ3n) is 8.89. The summed E-state index contributed by atoms with van der Waals surface area (Å²) in [5.74, 6) is 0. The molecule has 0 spiro atoms. The van der Waals surface area contributed by atoms with Gasteiger partial charge in [-0.1, -0.05) is 128 Å². The van der Waals surface area contributed by atoms with E-state index in [9.17, 15) is 0 Å². The molecule has 0 aliphatic carbocycles. The Hall–Kier alpha value is -4.71. The van der Waals surface area contributed by atoms with Crippen LogP contribution in [0.25, 0.3) is 64.6 Å². The van der Waals surface area contributed by atoms with E-state index in [2.05, 4.69) is 42.8 Å². The van der Waals surface area contributed by atoms with Gasteiger partial charge in [0.1, 0.15) is 5.58 Å². The van der Waals surface area contributed by atoms with Crippen LogP contribution in [0.2, 0.25) is 19.6 Å². The maximum absolute atomic E-state index is 8.79. The molecule has 0 amide bonds. The van der Waals surface area contributed by atoms with Crippen molar-refractivity contribution in [3.63, 3.8) is 0 Å². The van der Waals surface area contributed by atoms with Crippen LogP contribution in [0.5, 0.6) is 0 Å². The molecular formula is C46H38IrN2OSSi-2. The van der Waals surface area contributed by atoms with Gasteiger partial charge in [-0.25, -0.2) is 0 Å². The van der Waals surface area contributed by atoms with Crippen molar-refractivity contribution in [2.45, 2.75) is 39.7 Å². The van der Waals surface area contributed by atoms with E-state index in [4.69, 9.17) is 20.4 Å². The molecular weight excluding hydrogens is 849 g/mol. The predicted molar refractivity (Wildman–Crippen MR) is 219 cm³/mol. The second-order valence-corrected chi connectivity index (χ2v) is 19.5. The average molecular weight is 895 g/mol. The zero-order chi connectivity index (χ0) is 41.9. The third-order valence-corrected chi connectivity index (χ3v) is 12.1. The second kappa shape index (κ2) is 14.7. The van der Waals surface area contributed by atoms with Crippen molar-refractivity contribution in [2.24, 2.45) is 0 Å². The van der Waals surface area contributed by atoms with E-state index < -0.39 is 28.2 Å². The molecule has 52 heavy (non-hydrogen) atoms. The summed E-state index contributed by atoms with van der Waals surface area (Å²) in [4.78, 5) is 9.08. The topological polar surface area (TPSA) is 38.9 Å². The minimum atomic E-state index is -2.52. The Morgan fingerprint density at radius 3 is 2.27 bits per heavy atom. The Labute approximate surface area is 335 Å². The number of fused-ring (bicyclic) bond motifs is 6. The zero-order valence-corrected chi connectivity index (χ0v) is 32.9. The van der Waals surface area contributed by atoms with Gasteiger partial charge in [0.25, 0.3) is 0 Å². The van der Waals surface area contributed by atoms with E-state index in [1.165, 1.54) is 17.4 Å². The number of aryl methyl sites for hydroxylation is 2. The van der Waals surface area contributed by atoms with E-state index >= 15 is 0 Å². The van der Waals surface area contributed by atoms with Gasteiger partial charge in [0.2, 0.25) is 0 Å². The van der Waals surface area contributed by atoms with Crippen LogP contribution in [-0.4, -0.2) is 18.0 Å². The number of thiophene rings is 1. The van der Waals surface area contributed by atoms with Crippen molar-refractivity contribution >= 4 is 66.7 Å². The molecule has 0 bridgehead atoms. The van der Waals surface area contributed by atoms with Crippen LogP contribution in [0.1, 0.15) is 33.2 Å². The van der Waals surface area contributed by atoms with Gasteiger partial charge in [-0.3, -0.25) is 0 Å². The van der Waals surface area contributed by atoms with E-state index in [0.717, 1.165) is 47.8 Å². The molecule has 0 aliphatic rings. The molecule has 4 heterocycles. The number of benzene rings is 5. The molecule has 0 saturated carbocycles. The van der Waals surface area contributed by atoms with Gasteiger partial charge >= 0.3 is 0 Å². The molecule has 3 nitrogen and oxygen atoms in total. The molecule has 259 valence electrons. The van der Waals surface area contributed by atoms with Gasteiger partial charge < -0.3 is 14.4 Å². The Morgan fingerprint density at radius 2 is 1.50 bits per heavy atom. The Balaban J connectivity index is 0.000000181. The normalized spacial score (nSPS) is 14.5. The fraction of sp³-hybridized carbons (Fsp3) is 0.130. The van der Waals surface area contributed by atoms with Crippen LogP contribution in [0.15, 0.2) is 132 Å². The molecule has 5 aromatic carbocycles. The summed E-state index contributed by atoms with van der Waals surface area (Å²) in [6.07, 6.45) is 1.17. The standard InChI is InChI=1S/C25H18NO.C21H20NSSi.Ir/c1-17-16-26-23(15-19(17)14-18-8-3-2-4-9-18)22-12-7-11-21-20-10-5-6-13-24(20)27-25(21)22;1-14-9-11-16(18-12-10-15(13-22-18)24(2,3)4)21-20(14)17-7-5-6-8-19(17)23-21;/h2-11,13,15-16H,14H2,1H3;5-10,12-13H,1-4H3;/q2*-1;/i1D3,14D2;1D3;. The maximum atomic E-state index is 8.79. The minimum Gasteiger partial charge on any atom is -0.501 e. The molecule has 0 N–H and O–H groups in total. The van der Waals surface area contributed by atoms with E-state index in [0.29, 0.717) is 28.0 Å². The number of hydrogen-bond donors (Lipinski definition) is 0. The molecule has 6 heteroatoms. The van der Waals surface area contributed by atoms with Crippen LogP contribution < -0.4 is 5.19 Å². The number of furan rings is 1. The fourth-order valence-corrected chi connectivity index (χ4v) is 8.47. The first kappa shape index (κ1) is 27.0. The van der Waals surface area contributed by atoms with Gasteiger partial charge in [0.05, 0.1) is 13.7 Å². The van der Waals surface area contributed by atoms with Crippen LogP contribution in [0.4, 0.5) is 0 Å². The molecule has 1 radical (unpaired) electrons. The van der Waals surface area contributed by atoms with Crippen molar-refractivity contribution in [2.75, 3.05) is 0 Å². The van der Waals surface area contributed by atoms with E-state index in [-0.39, 0.29) is 31.2 Å². The fourth-order valence-electron chi connectivity index (χ4n) is 6.20. The molecule has 4 aromatic heterocycles. The first-order chi connectivity index (χ1) is 27.9. The summed E-state index contributed by atoms with van der Waals surface area (Å²) in [5.41, 5.74) is 4.63. The summed E-state index contributed by atoms with van der Waals surface area (Å²) in [6, 6.07) is 41.6.